The number of carbonyl (C=O) groups excluding carboxylic acids is 1. The molecule has 0 aliphatic carbocycles. The van der Waals surface area contributed by atoms with E-state index in [-0.39, 0.29) is 11.7 Å². The molecule has 1 N–H and O–H groups in total. The van der Waals surface area contributed by atoms with Crippen molar-refractivity contribution in [2.75, 3.05) is 25.3 Å². The van der Waals surface area contributed by atoms with Gasteiger partial charge in [0.05, 0.1) is 31.2 Å². The zero-order valence-electron chi connectivity index (χ0n) is 19.3. The van der Waals surface area contributed by atoms with E-state index < -0.39 is 0 Å². The minimum atomic E-state index is -0.193. The van der Waals surface area contributed by atoms with Gasteiger partial charge in [-0.1, -0.05) is 54.2 Å². The van der Waals surface area contributed by atoms with Crippen LogP contribution in [0.3, 0.4) is 0 Å². The molecule has 3 aromatic carbocycles. The van der Waals surface area contributed by atoms with Gasteiger partial charge in [0.1, 0.15) is 22.6 Å². The van der Waals surface area contributed by atoms with Crippen molar-refractivity contribution in [3.05, 3.63) is 90.5 Å². The van der Waals surface area contributed by atoms with E-state index in [1.807, 2.05) is 60.7 Å². The predicted octanol–water partition coefficient (Wildman–Crippen LogP) is 6.04. The lowest BCUT2D eigenvalue weighted by molar-refractivity contribution is -0.113. The van der Waals surface area contributed by atoms with Gasteiger partial charge in [0, 0.05) is 16.8 Å². The molecular weight excluding hydrogens is 458 g/mol. The summed E-state index contributed by atoms with van der Waals surface area (Å²) in [5.74, 6) is 1.36. The summed E-state index contributed by atoms with van der Waals surface area (Å²) in [5, 5.41) is 13.4. The monoisotopic (exact) mass is 481 g/mol. The summed E-state index contributed by atoms with van der Waals surface area (Å²) in [4.78, 5) is 17.4. The van der Waals surface area contributed by atoms with E-state index in [0.29, 0.717) is 22.0 Å². The average Bonchev–Trinajstić information content (AvgIpc) is 2.92. The van der Waals surface area contributed by atoms with Gasteiger partial charge < -0.3 is 14.8 Å². The Morgan fingerprint density at radius 2 is 1.54 bits per heavy atom. The van der Waals surface area contributed by atoms with Crippen LogP contribution in [0.15, 0.2) is 90.0 Å². The molecule has 6 nitrogen and oxygen atoms in total. The average molecular weight is 482 g/mol. The molecule has 0 fully saturated rings. The van der Waals surface area contributed by atoms with Crippen molar-refractivity contribution in [3.8, 4) is 40.0 Å². The van der Waals surface area contributed by atoms with E-state index in [0.717, 1.165) is 28.1 Å². The largest absolute Gasteiger partial charge is 0.497 e. The highest BCUT2D eigenvalue weighted by Gasteiger charge is 2.17. The predicted molar refractivity (Wildman–Crippen MR) is 139 cm³/mol. The van der Waals surface area contributed by atoms with Crippen LogP contribution in [-0.2, 0) is 4.79 Å². The number of nitrogens with zero attached hydrogens (tertiary/aromatic N) is 2. The van der Waals surface area contributed by atoms with E-state index >= 15 is 0 Å². The zero-order chi connectivity index (χ0) is 24.6. The van der Waals surface area contributed by atoms with Gasteiger partial charge in [0.25, 0.3) is 0 Å². The third kappa shape index (κ3) is 5.81. The van der Waals surface area contributed by atoms with E-state index in [1.165, 1.54) is 11.8 Å². The number of hydrogen-bond acceptors (Lipinski definition) is 6. The Labute approximate surface area is 208 Å². The molecule has 0 saturated heterocycles. The van der Waals surface area contributed by atoms with Crippen LogP contribution >= 0.6 is 11.8 Å². The Hall–Kier alpha value is -4.28. The number of pyridine rings is 1. The highest BCUT2D eigenvalue weighted by molar-refractivity contribution is 8.00. The molecule has 35 heavy (non-hydrogen) atoms. The Morgan fingerprint density at radius 1 is 0.914 bits per heavy atom. The second-order valence-electron chi connectivity index (χ2n) is 7.51. The topological polar surface area (TPSA) is 84.2 Å². The number of benzene rings is 3. The highest BCUT2D eigenvalue weighted by Crippen LogP contribution is 2.35. The molecule has 4 aromatic rings. The fraction of sp³-hybridized carbons (Fsp3) is 0.107. The maximum Gasteiger partial charge on any atom is 0.234 e. The van der Waals surface area contributed by atoms with Crippen LogP contribution in [0.2, 0.25) is 0 Å². The van der Waals surface area contributed by atoms with Gasteiger partial charge >= 0.3 is 0 Å². The van der Waals surface area contributed by atoms with Crippen molar-refractivity contribution in [2.24, 2.45) is 0 Å². The van der Waals surface area contributed by atoms with Gasteiger partial charge in [-0.2, -0.15) is 5.26 Å². The number of hydrogen-bond donors (Lipinski definition) is 1. The fourth-order valence-electron chi connectivity index (χ4n) is 3.49. The molecule has 1 amide bonds. The summed E-state index contributed by atoms with van der Waals surface area (Å²) in [5.41, 5.74) is 4.37. The first-order valence-corrected chi connectivity index (χ1v) is 11.8. The Kier molecular flexibility index (Phi) is 7.66. The molecule has 0 saturated carbocycles. The van der Waals surface area contributed by atoms with Crippen LogP contribution < -0.4 is 14.8 Å². The SMILES string of the molecule is COc1ccc(NC(=O)CSc2nc(-c3ccccc3)cc(-c3ccc(OC)cc3)c2C#N)cc1. The van der Waals surface area contributed by atoms with Crippen molar-refractivity contribution in [1.82, 2.24) is 4.98 Å². The summed E-state index contributed by atoms with van der Waals surface area (Å²) in [6.07, 6.45) is 0. The molecule has 7 heteroatoms. The quantitative estimate of drug-likeness (QED) is 0.309. The first kappa shape index (κ1) is 23.9. The van der Waals surface area contributed by atoms with Crippen LogP contribution in [0.1, 0.15) is 5.56 Å². The van der Waals surface area contributed by atoms with E-state index in [9.17, 15) is 10.1 Å². The normalized spacial score (nSPS) is 10.3. The molecule has 174 valence electrons. The Balaban J connectivity index is 1.65. The molecule has 1 heterocycles. The number of anilines is 1. The van der Waals surface area contributed by atoms with Crippen LogP contribution in [0, 0.1) is 11.3 Å². The number of nitriles is 1. The summed E-state index contributed by atoms with van der Waals surface area (Å²) in [6.45, 7) is 0. The van der Waals surface area contributed by atoms with E-state index in [1.54, 1.807) is 38.5 Å². The van der Waals surface area contributed by atoms with Crippen LogP contribution in [0.5, 0.6) is 11.5 Å². The first-order valence-electron chi connectivity index (χ1n) is 10.8. The molecular formula is C28H23N3O3S. The van der Waals surface area contributed by atoms with E-state index in [4.69, 9.17) is 14.5 Å². The number of aromatic nitrogens is 1. The van der Waals surface area contributed by atoms with E-state index in [2.05, 4.69) is 11.4 Å². The van der Waals surface area contributed by atoms with Crippen molar-refractivity contribution >= 4 is 23.4 Å². The Bertz CT molecular complexity index is 1350. The number of ether oxygens (including phenoxy) is 2. The second kappa shape index (κ2) is 11.2. The minimum Gasteiger partial charge on any atom is -0.497 e. The number of carbonyl (C=O) groups is 1. The third-order valence-electron chi connectivity index (χ3n) is 5.28. The Morgan fingerprint density at radius 3 is 2.14 bits per heavy atom. The van der Waals surface area contributed by atoms with Crippen molar-refractivity contribution in [1.29, 1.82) is 5.26 Å². The highest BCUT2D eigenvalue weighted by atomic mass is 32.2. The molecule has 0 bridgehead atoms. The molecule has 0 unspecified atom stereocenters. The maximum absolute atomic E-state index is 12.6. The molecule has 0 spiro atoms. The molecule has 1 aromatic heterocycles. The van der Waals surface area contributed by atoms with Gasteiger partial charge in [0.15, 0.2) is 0 Å². The van der Waals surface area contributed by atoms with Gasteiger partial charge in [-0.15, -0.1) is 0 Å². The van der Waals surface area contributed by atoms with Crippen molar-refractivity contribution in [2.45, 2.75) is 5.03 Å². The smallest absolute Gasteiger partial charge is 0.234 e. The molecule has 0 atom stereocenters. The minimum absolute atomic E-state index is 0.105. The summed E-state index contributed by atoms with van der Waals surface area (Å²) in [6, 6.07) is 28.6. The summed E-state index contributed by atoms with van der Waals surface area (Å²) >= 11 is 1.24. The zero-order valence-corrected chi connectivity index (χ0v) is 20.1. The standard InChI is InChI=1S/C28H23N3O3S/c1-33-22-12-8-19(9-13-22)24-16-26(20-6-4-3-5-7-20)31-28(25(24)17-29)35-18-27(32)30-21-10-14-23(34-2)15-11-21/h3-16H,18H2,1-2H3,(H,30,32). The summed E-state index contributed by atoms with van der Waals surface area (Å²) in [7, 11) is 3.20. The first-order chi connectivity index (χ1) is 17.1. The van der Waals surface area contributed by atoms with Crippen LogP contribution in [0.25, 0.3) is 22.4 Å². The number of amides is 1. The second-order valence-corrected chi connectivity index (χ2v) is 8.47. The summed E-state index contributed by atoms with van der Waals surface area (Å²) < 4.78 is 10.4. The lowest BCUT2D eigenvalue weighted by Gasteiger charge is -2.13. The lowest BCUT2D eigenvalue weighted by Crippen LogP contribution is -2.14. The van der Waals surface area contributed by atoms with Gasteiger partial charge in [-0.3, -0.25) is 4.79 Å². The van der Waals surface area contributed by atoms with Crippen LogP contribution in [0.4, 0.5) is 5.69 Å². The van der Waals surface area contributed by atoms with Gasteiger partial charge in [-0.25, -0.2) is 4.98 Å². The lowest BCUT2D eigenvalue weighted by atomic mass is 9.99. The fourth-order valence-corrected chi connectivity index (χ4v) is 4.30. The third-order valence-corrected chi connectivity index (χ3v) is 6.26. The number of thioether (sulfide) groups is 1. The van der Waals surface area contributed by atoms with Crippen molar-refractivity contribution < 1.29 is 14.3 Å². The molecule has 0 aliphatic heterocycles. The van der Waals surface area contributed by atoms with Gasteiger partial charge in [-0.05, 0) is 48.0 Å². The molecule has 4 rings (SSSR count). The van der Waals surface area contributed by atoms with Crippen molar-refractivity contribution in [3.63, 3.8) is 0 Å². The number of methoxy groups -OCH3 is 2. The maximum atomic E-state index is 12.6. The number of nitrogens with one attached hydrogen (secondary N) is 1. The number of rotatable bonds is 8. The van der Waals surface area contributed by atoms with Crippen LogP contribution in [-0.4, -0.2) is 30.9 Å². The molecule has 0 radical (unpaired) electrons. The molecule has 0 aliphatic rings. The van der Waals surface area contributed by atoms with Gasteiger partial charge in [0.2, 0.25) is 5.91 Å².